The van der Waals surface area contributed by atoms with Gasteiger partial charge in [-0.1, -0.05) is 13.8 Å². The van der Waals surface area contributed by atoms with Crippen LogP contribution in [0.4, 0.5) is 4.39 Å². The number of hydrogen-bond acceptors (Lipinski definition) is 3. The van der Waals surface area contributed by atoms with E-state index in [0.29, 0.717) is 5.56 Å². The van der Waals surface area contributed by atoms with Gasteiger partial charge in [0.1, 0.15) is 5.82 Å². The molecule has 4 heteroatoms. The molecule has 1 N–H and O–H groups in total. The van der Waals surface area contributed by atoms with Crippen molar-refractivity contribution >= 4 is 11.3 Å². The number of nitrogens with one attached hydrogen (secondary N) is 1. The molecular formula is C15H19FN2S. The van der Waals surface area contributed by atoms with Crippen molar-refractivity contribution in [3.8, 4) is 0 Å². The first kappa shape index (κ1) is 14.2. The standard InChI is InChI=1S/C15H19FN2S/c1-3-11-5-6-12(19-11)9-15(18-4-2)13-7-8-17-10-14(13)16/h5-8,10,15,18H,3-4,9H2,1-2H3. The molecule has 0 saturated carbocycles. The number of halogens is 1. The Kier molecular flexibility index (Phi) is 5.05. The number of nitrogens with zero attached hydrogens (tertiary/aromatic N) is 1. The lowest BCUT2D eigenvalue weighted by Crippen LogP contribution is -2.23. The second kappa shape index (κ2) is 6.78. The normalized spacial score (nSPS) is 12.6. The SMILES string of the molecule is CCNC(Cc1ccc(CC)s1)c1ccncc1F. The summed E-state index contributed by atoms with van der Waals surface area (Å²) in [7, 11) is 0. The maximum atomic E-state index is 13.8. The van der Waals surface area contributed by atoms with Crippen LogP contribution < -0.4 is 5.32 Å². The van der Waals surface area contributed by atoms with Gasteiger partial charge in [-0.15, -0.1) is 11.3 Å². The lowest BCUT2D eigenvalue weighted by Gasteiger charge is -2.18. The summed E-state index contributed by atoms with van der Waals surface area (Å²) in [5.74, 6) is -0.235. The minimum atomic E-state index is -0.235. The molecule has 0 aromatic carbocycles. The van der Waals surface area contributed by atoms with Crippen LogP contribution in [0.15, 0.2) is 30.6 Å². The van der Waals surface area contributed by atoms with E-state index in [4.69, 9.17) is 0 Å². The van der Waals surface area contributed by atoms with E-state index in [2.05, 4.69) is 29.4 Å². The zero-order valence-electron chi connectivity index (χ0n) is 11.3. The van der Waals surface area contributed by atoms with Crippen molar-refractivity contribution in [2.75, 3.05) is 6.54 Å². The molecule has 1 atom stereocenters. The fourth-order valence-electron chi connectivity index (χ4n) is 2.13. The second-order valence-electron chi connectivity index (χ2n) is 4.43. The summed E-state index contributed by atoms with van der Waals surface area (Å²) < 4.78 is 13.8. The van der Waals surface area contributed by atoms with Gasteiger partial charge in [-0.3, -0.25) is 4.98 Å². The van der Waals surface area contributed by atoms with Crippen LogP contribution in [0.2, 0.25) is 0 Å². The largest absolute Gasteiger partial charge is 0.310 e. The summed E-state index contributed by atoms with van der Waals surface area (Å²) in [6.45, 7) is 5.01. The molecule has 2 rings (SSSR count). The molecule has 102 valence electrons. The van der Waals surface area contributed by atoms with Crippen molar-refractivity contribution in [3.05, 3.63) is 51.7 Å². The predicted octanol–water partition coefficient (Wildman–Crippen LogP) is 3.74. The number of aromatic nitrogens is 1. The van der Waals surface area contributed by atoms with E-state index in [-0.39, 0.29) is 11.9 Å². The molecule has 0 aliphatic heterocycles. The molecule has 19 heavy (non-hydrogen) atoms. The van der Waals surface area contributed by atoms with Crippen LogP contribution >= 0.6 is 11.3 Å². The van der Waals surface area contributed by atoms with Crippen LogP contribution in [-0.2, 0) is 12.8 Å². The van der Waals surface area contributed by atoms with Gasteiger partial charge in [-0.2, -0.15) is 0 Å². The third kappa shape index (κ3) is 3.61. The van der Waals surface area contributed by atoms with Crippen molar-refractivity contribution < 1.29 is 4.39 Å². The molecule has 0 radical (unpaired) electrons. The Morgan fingerprint density at radius 3 is 2.68 bits per heavy atom. The van der Waals surface area contributed by atoms with Crippen LogP contribution in [0.3, 0.4) is 0 Å². The van der Waals surface area contributed by atoms with E-state index in [1.807, 2.05) is 18.3 Å². The van der Waals surface area contributed by atoms with Gasteiger partial charge in [0.2, 0.25) is 0 Å². The quantitative estimate of drug-likeness (QED) is 0.870. The van der Waals surface area contributed by atoms with E-state index < -0.39 is 0 Å². The van der Waals surface area contributed by atoms with Crippen molar-refractivity contribution in [2.45, 2.75) is 32.7 Å². The number of aryl methyl sites for hydroxylation is 1. The van der Waals surface area contributed by atoms with E-state index >= 15 is 0 Å². The lowest BCUT2D eigenvalue weighted by molar-refractivity contribution is 0.509. The highest BCUT2D eigenvalue weighted by Gasteiger charge is 2.16. The van der Waals surface area contributed by atoms with Crippen LogP contribution in [0.25, 0.3) is 0 Å². The molecule has 2 aromatic heterocycles. The van der Waals surface area contributed by atoms with E-state index in [0.717, 1.165) is 19.4 Å². The molecule has 2 nitrogen and oxygen atoms in total. The zero-order valence-corrected chi connectivity index (χ0v) is 12.1. The van der Waals surface area contributed by atoms with Crippen LogP contribution in [-0.4, -0.2) is 11.5 Å². The Hall–Kier alpha value is -1.26. The summed E-state index contributed by atoms with van der Waals surface area (Å²) in [6.07, 6.45) is 4.81. The number of pyridine rings is 1. The molecule has 0 spiro atoms. The average Bonchev–Trinajstić information content (AvgIpc) is 2.87. The molecule has 0 saturated heterocycles. The number of thiophene rings is 1. The van der Waals surface area contributed by atoms with Gasteiger partial charge < -0.3 is 5.32 Å². The molecule has 2 heterocycles. The van der Waals surface area contributed by atoms with Gasteiger partial charge in [-0.05, 0) is 31.2 Å². The smallest absolute Gasteiger partial charge is 0.146 e. The molecule has 2 aromatic rings. The van der Waals surface area contributed by atoms with Crippen molar-refractivity contribution in [1.82, 2.24) is 10.3 Å². The predicted molar refractivity (Wildman–Crippen MR) is 78.0 cm³/mol. The topological polar surface area (TPSA) is 24.9 Å². The van der Waals surface area contributed by atoms with Gasteiger partial charge in [-0.25, -0.2) is 4.39 Å². The van der Waals surface area contributed by atoms with E-state index in [9.17, 15) is 4.39 Å². The minimum absolute atomic E-state index is 0.0105. The summed E-state index contributed by atoms with van der Waals surface area (Å²) in [4.78, 5) is 6.48. The summed E-state index contributed by atoms with van der Waals surface area (Å²) >= 11 is 1.81. The Labute approximate surface area is 117 Å². The summed E-state index contributed by atoms with van der Waals surface area (Å²) in [6, 6.07) is 6.08. The summed E-state index contributed by atoms with van der Waals surface area (Å²) in [5.41, 5.74) is 0.697. The van der Waals surface area contributed by atoms with Crippen LogP contribution in [0, 0.1) is 5.82 Å². The molecule has 0 aliphatic carbocycles. The number of likely N-dealkylation sites (N-methyl/N-ethyl adjacent to an activating group) is 1. The first-order chi connectivity index (χ1) is 9.24. The first-order valence-corrected chi connectivity index (χ1v) is 7.46. The molecule has 1 unspecified atom stereocenters. The maximum Gasteiger partial charge on any atom is 0.146 e. The molecule has 0 bridgehead atoms. The van der Waals surface area contributed by atoms with E-state index in [1.54, 1.807) is 12.3 Å². The third-order valence-electron chi connectivity index (χ3n) is 3.10. The second-order valence-corrected chi connectivity index (χ2v) is 5.69. The van der Waals surface area contributed by atoms with E-state index in [1.165, 1.54) is 16.0 Å². The van der Waals surface area contributed by atoms with Crippen molar-refractivity contribution in [2.24, 2.45) is 0 Å². The summed E-state index contributed by atoms with van der Waals surface area (Å²) in [5, 5.41) is 3.35. The van der Waals surface area contributed by atoms with Crippen molar-refractivity contribution in [3.63, 3.8) is 0 Å². The fraction of sp³-hybridized carbons (Fsp3) is 0.400. The van der Waals surface area contributed by atoms with Crippen LogP contribution in [0.1, 0.15) is 35.2 Å². The number of rotatable bonds is 6. The minimum Gasteiger partial charge on any atom is -0.310 e. The Bertz CT molecular complexity index is 524. The van der Waals surface area contributed by atoms with Gasteiger partial charge in [0.25, 0.3) is 0 Å². The monoisotopic (exact) mass is 278 g/mol. The highest BCUT2D eigenvalue weighted by Crippen LogP contribution is 2.25. The highest BCUT2D eigenvalue weighted by molar-refractivity contribution is 7.11. The van der Waals surface area contributed by atoms with Crippen LogP contribution in [0.5, 0.6) is 0 Å². The molecule has 0 aliphatic rings. The van der Waals surface area contributed by atoms with Gasteiger partial charge in [0.05, 0.1) is 6.20 Å². The zero-order chi connectivity index (χ0) is 13.7. The van der Waals surface area contributed by atoms with Gasteiger partial charge in [0.15, 0.2) is 0 Å². The third-order valence-corrected chi connectivity index (χ3v) is 4.35. The lowest BCUT2D eigenvalue weighted by atomic mass is 10.0. The molecule has 0 fully saturated rings. The Balaban J connectivity index is 2.18. The molecular weight excluding hydrogens is 259 g/mol. The van der Waals surface area contributed by atoms with Gasteiger partial charge >= 0.3 is 0 Å². The highest BCUT2D eigenvalue weighted by atomic mass is 32.1. The first-order valence-electron chi connectivity index (χ1n) is 6.65. The fourth-order valence-corrected chi connectivity index (χ4v) is 3.13. The van der Waals surface area contributed by atoms with Crippen molar-refractivity contribution in [1.29, 1.82) is 0 Å². The number of hydrogen-bond donors (Lipinski definition) is 1. The Morgan fingerprint density at radius 1 is 1.26 bits per heavy atom. The molecule has 0 amide bonds. The van der Waals surface area contributed by atoms with Gasteiger partial charge in [0, 0.05) is 34.0 Å². The average molecular weight is 278 g/mol. The maximum absolute atomic E-state index is 13.8. The Morgan fingerprint density at radius 2 is 2.05 bits per heavy atom.